The summed E-state index contributed by atoms with van der Waals surface area (Å²) in [6, 6.07) is -0.422. The molecule has 17 heavy (non-hydrogen) atoms. The Kier molecular flexibility index (Phi) is 4.84. The zero-order valence-electron chi connectivity index (χ0n) is 10.9. The Bertz CT molecular complexity index is 236. The van der Waals surface area contributed by atoms with Crippen LogP contribution in [0.1, 0.15) is 40.0 Å². The van der Waals surface area contributed by atoms with Gasteiger partial charge >= 0.3 is 6.18 Å². The van der Waals surface area contributed by atoms with Gasteiger partial charge in [-0.3, -0.25) is 4.90 Å². The topological polar surface area (TPSA) is 15.3 Å². The number of nitrogens with zero attached hydrogens (tertiary/aromatic N) is 1. The van der Waals surface area contributed by atoms with Crippen molar-refractivity contribution in [1.29, 1.82) is 0 Å². The van der Waals surface area contributed by atoms with Crippen LogP contribution in [0.25, 0.3) is 0 Å². The molecule has 1 heterocycles. The molecule has 1 aliphatic heterocycles. The molecule has 1 aliphatic rings. The van der Waals surface area contributed by atoms with Gasteiger partial charge < -0.3 is 5.32 Å². The van der Waals surface area contributed by atoms with Crippen molar-refractivity contribution in [3.8, 4) is 0 Å². The van der Waals surface area contributed by atoms with Gasteiger partial charge in [0.25, 0.3) is 0 Å². The number of hydrogen-bond acceptors (Lipinski definition) is 2. The molecule has 0 aromatic carbocycles. The molecule has 5 heteroatoms. The fraction of sp³-hybridized carbons (Fsp3) is 1.00. The molecular formula is C12H23F3N2. The van der Waals surface area contributed by atoms with Gasteiger partial charge in [-0.25, -0.2) is 0 Å². The molecule has 0 aromatic rings. The molecule has 1 fully saturated rings. The van der Waals surface area contributed by atoms with Crippen molar-refractivity contribution in [2.24, 2.45) is 0 Å². The number of piperazine rings is 1. The van der Waals surface area contributed by atoms with Crippen LogP contribution < -0.4 is 5.32 Å². The van der Waals surface area contributed by atoms with E-state index >= 15 is 0 Å². The Morgan fingerprint density at radius 1 is 1.29 bits per heavy atom. The molecule has 0 aromatic heterocycles. The summed E-state index contributed by atoms with van der Waals surface area (Å²) in [5.41, 5.74) is -0.00188. The molecule has 102 valence electrons. The first-order valence-electron chi connectivity index (χ1n) is 6.38. The fourth-order valence-electron chi connectivity index (χ4n) is 2.55. The highest BCUT2D eigenvalue weighted by atomic mass is 19.4. The van der Waals surface area contributed by atoms with E-state index in [0.29, 0.717) is 6.54 Å². The lowest BCUT2D eigenvalue weighted by atomic mass is 9.89. The monoisotopic (exact) mass is 252 g/mol. The molecule has 1 N–H and O–H groups in total. The summed E-state index contributed by atoms with van der Waals surface area (Å²) < 4.78 is 37.1. The maximum atomic E-state index is 12.4. The van der Waals surface area contributed by atoms with Crippen LogP contribution in [0.3, 0.4) is 0 Å². The number of halogens is 3. The summed E-state index contributed by atoms with van der Waals surface area (Å²) in [5.74, 6) is 0. The molecule has 1 rings (SSSR count). The standard InChI is InChI=1S/C12H23F3N2/c1-4-11(5-2)9-17(7-6-16-11)10(3)8-12(13,14)15/h10,16H,4-9H2,1-3H3. The van der Waals surface area contributed by atoms with Crippen LogP contribution in [0.5, 0.6) is 0 Å². The van der Waals surface area contributed by atoms with E-state index in [9.17, 15) is 13.2 Å². The molecule has 1 saturated heterocycles. The number of nitrogens with one attached hydrogen (secondary N) is 1. The van der Waals surface area contributed by atoms with Crippen molar-refractivity contribution < 1.29 is 13.2 Å². The summed E-state index contributed by atoms with van der Waals surface area (Å²) in [7, 11) is 0. The van der Waals surface area contributed by atoms with E-state index in [-0.39, 0.29) is 5.54 Å². The van der Waals surface area contributed by atoms with E-state index in [1.807, 2.05) is 4.90 Å². The smallest absolute Gasteiger partial charge is 0.309 e. The van der Waals surface area contributed by atoms with Gasteiger partial charge in [-0.05, 0) is 19.8 Å². The zero-order chi connectivity index (χ0) is 13.1. The lowest BCUT2D eigenvalue weighted by Gasteiger charge is -2.45. The molecule has 0 amide bonds. The van der Waals surface area contributed by atoms with Gasteiger partial charge in [0.05, 0.1) is 6.42 Å². The lowest BCUT2D eigenvalue weighted by Crippen LogP contribution is -2.61. The van der Waals surface area contributed by atoms with Crippen LogP contribution in [0.15, 0.2) is 0 Å². The molecular weight excluding hydrogens is 229 g/mol. The van der Waals surface area contributed by atoms with Gasteiger partial charge in [0.15, 0.2) is 0 Å². The number of alkyl halides is 3. The quantitative estimate of drug-likeness (QED) is 0.827. The Hall–Kier alpha value is -0.290. The average Bonchev–Trinajstić information content (AvgIpc) is 2.27. The number of rotatable bonds is 4. The molecule has 0 radical (unpaired) electrons. The molecule has 0 saturated carbocycles. The molecule has 1 atom stereocenters. The highest BCUT2D eigenvalue weighted by Crippen LogP contribution is 2.27. The Labute approximate surface area is 102 Å². The first-order chi connectivity index (χ1) is 7.82. The van der Waals surface area contributed by atoms with Crippen molar-refractivity contribution in [3.63, 3.8) is 0 Å². The summed E-state index contributed by atoms with van der Waals surface area (Å²) in [4.78, 5) is 1.97. The SMILES string of the molecule is CCC1(CC)CN(C(C)CC(F)(F)F)CCN1. The van der Waals surface area contributed by atoms with Gasteiger partial charge in [0.2, 0.25) is 0 Å². The van der Waals surface area contributed by atoms with Crippen molar-refractivity contribution in [2.45, 2.75) is 57.8 Å². The summed E-state index contributed by atoms with van der Waals surface area (Å²) in [6.07, 6.45) is -2.86. The van der Waals surface area contributed by atoms with Gasteiger partial charge in [-0.15, -0.1) is 0 Å². The van der Waals surface area contributed by atoms with Crippen LogP contribution in [-0.4, -0.2) is 42.3 Å². The van der Waals surface area contributed by atoms with Crippen LogP contribution in [0.4, 0.5) is 13.2 Å². The predicted octanol–water partition coefficient (Wildman–Crippen LogP) is 2.79. The third-order valence-corrected chi connectivity index (χ3v) is 3.91. The summed E-state index contributed by atoms with van der Waals surface area (Å²) in [6.45, 7) is 8.07. The highest BCUT2D eigenvalue weighted by molar-refractivity contribution is 4.94. The second-order valence-corrected chi connectivity index (χ2v) is 5.05. The minimum atomic E-state index is -4.06. The number of hydrogen-bond donors (Lipinski definition) is 1. The maximum Gasteiger partial charge on any atom is 0.390 e. The van der Waals surface area contributed by atoms with Crippen LogP contribution in [-0.2, 0) is 0 Å². The van der Waals surface area contributed by atoms with Crippen molar-refractivity contribution >= 4 is 0 Å². The second kappa shape index (κ2) is 5.57. The molecule has 1 unspecified atom stereocenters. The maximum absolute atomic E-state index is 12.4. The van der Waals surface area contributed by atoms with Gasteiger partial charge in [-0.2, -0.15) is 13.2 Å². The first-order valence-corrected chi connectivity index (χ1v) is 6.38. The Morgan fingerprint density at radius 3 is 2.35 bits per heavy atom. The van der Waals surface area contributed by atoms with Crippen molar-refractivity contribution in [3.05, 3.63) is 0 Å². The third kappa shape index (κ3) is 4.14. The minimum Gasteiger partial charge on any atom is -0.309 e. The van der Waals surface area contributed by atoms with E-state index < -0.39 is 18.6 Å². The Balaban J connectivity index is 2.60. The highest BCUT2D eigenvalue weighted by Gasteiger charge is 2.37. The zero-order valence-corrected chi connectivity index (χ0v) is 10.9. The van der Waals surface area contributed by atoms with Crippen LogP contribution >= 0.6 is 0 Å². The first kappa shape index (κ1) is 14.8. The summed E-state index contributed by atoms with van der Waals surface area (Å²) >= 11 is 0. The fourth-order valence-corrected chi connectivity index (χ4v) is 2.55. The van der Waals surface area contributed by atoms with E-state index in [0.717, 1.165) is 25.9 Å². The average molecular weight is 252 g/mol. The molecule has 2 nitrogen and oxygen atoms in total. The molecule has 0 aliphatic carbocycles. The second-order valence-electron chi connectivity index (χ2n) is 5.05. The van der Waals surface area contributed by atoms with Gasteiger partial charge in [-0.1, -0.05) is 13.8 Å². The van der Waals surface area contributed by atoms with E-state index in [4.69, 9.17) is 0 Å². The van der Waals surface area contributed by atoms with Gasteiger partial charge in [0, 0.05) is 31.2 Å². The van der Waals surface area contributed by atoms with Crippen molar-refractivity contribution in [2.75, 3.05) is 19.6 Å². The van der Waals surface area contributed by atoms with E-state index in [1.54, 1.807) is 6.92 Å². The molecule has 0 spiro atoms. The molecule has 0 bridgehead atoms. The van der Waals surface area contributed by atoms with Crippen LogP contribution in [0, 0.1) is 0 Å². The normalized spacial score (nSPS) is 23.6. The lowest BCUT2D eigenvalue weighted by molar-refractivity contribution is -0.148. The van der Waals surface area contributed by atoms with Gasteiger partial charge in [0.1, 0.15) is 0 Å². The van der Waals surface area contributed by atoms with E-state index in [2.05, 4.69) is 19.2 Å². The van der Waals surface area contributed by atoms with Crippen LogP contribution in [0.2, 0.25) is 0 Å². The Morgan fingerprint density at radius 2 is 1.88 bits per heavy atom. The largest absolute Gasteiger partial charge is 0.390 e. The third-order valence-electron chi connectivity index (χ3n) is 3.91. The van der Waals surface area contributed by atoms with E-state index in [1.165, 1.54) is 0 Å². The minimum absolute atomic E-state index is 0.00188. The summed E-state index contributed by atoms with van der Waals surface area (Å²) in [5, 5.41) is 3.46. The van der Waals surface area contributed by atoms with Crippen molar-refractivity contribution in [1.82, 2.24) is 10.2 Å². The predicted molar refractivity (Wildman–Crippen MR) is 63.0 cm³/mol.